The van der Waals surface area contributed by atoms with Gasteiger partial charge in [-0.1, -0.05) is 41.9 Å². The number of aliphatic hydroxyl groups excluding tert-OH is 1. The van der Waals surface area contributed by atoms with Crippen LogP contribution in [0.25, 0.3) is 0 Å². The normalized spacial score (nSPS) is 22.3. The molecule has 2 aliphatic rings. The van der Waals surface area contributed by atoms with Crippen molar-refractivity contribution >= 4 is 23.3 Å². The quantitative estimate of drug-likeness (QED) is 0.792. The van der Waals surface area contributed by atoms with Crippen molar-refractivity contribution in [1.82, 2.24) is 9.80 Å². The summed E-state index contributed by atoms with van der Waals surface area (Å²) in [4.78, 5) is 29.7. The van der Waals surface area contributed by atoms with E-state index in [0.29, 0.717) is 29.4 Å². The Labute approximate surface area is 181 Å². The van der Waals surface area contributed by atoms with Crippen LogP contribution in [-0.2, 0) is 4.79 Å². The van der Waals surface area contributed by atoms with Crippen LogP contribution in [-0.4, -0.2) is 65.5 Å². The number of amides is 1. The SMILES string of the molecule is CN(C(=O)C1CC(=O)c2cc(Cl)ccc2O1)[C@H](CN1CC[C@H](O)C1)c1ccccc1. The highest BCUT2D eigenvalue weighted by Gasteiger charge is 2.36. The Morgan fingerprint density at radius 1 is 1.30 bits per heavy atom. The van der Waals surface area contributed by atoms with Crippen molar-refractivity contribution in [2.45, 2.75) is 31.1 Å². The molecule has 1 saturated heterocycles. The standard InChI is InChI=1S/C23H25ClN2O4/c1-25(19(15-5-3-2-4-6-15)14-26-10-9-17(27)13-26)23(29)22-12-20(28)18-11-16(24)7-8-21(18)30-22/h2-8,11,17,19,22,27H,9-10,12-14H2,1H3/t17-,19+,22?/m0/s1. The van der Waals surface area contributed by atoms with E-state index in [9.17, 15) is 14.7 Å². The summed E-state index contributed by atoms with van der Waals surface area (Å²) in [6, 6.07) is 14.5. The van der Waals surface area contributed by atoms with Gasteiger partial charge < -0.3 is 14.7 Å². The van der Waals surface area contributed by atoms with E-state index in [2.05, 4.69) is 4.90 Å². The smallest absolute Gasteiger partial charge is 0.264 e. The van der Waals surface area contributed by atoms with E-state index in [0.717, 1.165) is 18.5 Å². The molecular weight excluding hydrogens is 404 g/mol. The summed E-state index contributed by atoms with van der Waals surface area (Å²) >= 11 is 5.99. The number of likely N-dealkylation sites (tertiary alicyclic amines) is 1. The molecule has 4 rings (SSSR count). The maximum atomic E-state index is 13.3. The van der Waals surface area contributed by atoms with Crippen LogP contribution in [0.5, 0.6) is 5.75 Å². The number of ether oxygens (including phenoxy) is 1. The lowest BCUT2D eigenvalue weighted by atomic mass is 9.98. The highest BCUT2D eigenvalue weighted by molar-refractivity contribution is 6.31. The van der Waals surface area contributed by atoms with Crippen LogP contribution < -0.4 is 4.74 Å². The van der Waals surface area contributed by atoms with E-state index in [1.54, 1.807) is 30.1 Å². The third-order valence-corrected chi connectivity index (χ3v) is 6.07. The summed E-state index contributed by atoms with van der Waals surface area (Å²) < 4.78 is 5.89. The number of ketones is 1. The van der Waals surface area contributed by atoms with Crippen molar-refractivity contribution in [2.75, 3.05) is 26.7 Å². The van der Waals surface area contributed by atoms with E-state index in [1.165, 1.54) is 0 Å². The van der Waals surface area contributed by atoms with Crippen molar-refractivity contribution in [3.05, 3.63) is 64.7 Å². The van der Waals surface area contributed by atoms with Crippen LogP contribution >= 0.6 is 11.6 Å². The van der Waals surface area contributed by atoms with E-state index < -0.39 is 6.10 Å². The molecule has 7 heteroatoms. The third kappa shape index (κ3) is 4.36. The average molecular weight is 429 g/mol. The van der Waals surface area contributed by atoms with Gasteiger partial charge in [0.25, 0.3) is 5.91 Å². The topological polar surface area (TPSA) is 70.1 Å². The molecule has 30 heavy (non-hydrogen) atoms. The zero-order valence-corrected chi connectivity index (χ0v) is 17.6. The Morgan fingerprint density at radius 2 is 2.07 bits per heavy atom. The fourth-order valence-electron chi connectivity index (χ4n) is 4.16. The fourth-order valence-corrected chi connectivity index (χ4v) is 4.34. The summed E-state index contributed by atoms with van der Waals surface area (Å²) in [6.07, 6.45) is -0.476. The first-order chi connectivity index (χ1) is 14.4. The van der Waals surface area contributed by atoms with Crippen molar-refractivity contribution in [2.24, 2.45) is 0 Å². The molecule has 1 fully saturated rings. The van der Waals surface area contributed by atoms with Crippen LogP contribution in [0.2, 0.25) is 5.02 Å². The number of nitrogens with zero attached hydrogens (tertiary/aromatic N) is 2. The second-order valence-corrected chi connectivity index (χ2v) is 8.39. The molecule has 2 heterocycles. The number of benzene rings is 2. The first-order valence-corrected chi connectivity index (χ1v) is 10.5. The summed E-state index contributed by atoms with van der Waals surface area (Å²) in [7, 11) is 1.75. The van der Waals surface area contributed by atoms with Crippen molar-refractivity contribution < 1.29 is 19.4 Å². The van der Waals surface area contributed by atoms with Crippen LogP contribution in [0, 0.1) is 0 Å². The van der Waals surface area contributed by atoms with E-state index in [-0.39, 0.29) is 30.3 Å². The van der Waals surface area contributed by atoms with E-state index >= 15 is 0 Å². The van der Waals surface area contributed by atoms with Crippen LogP contribution in [0.15, 0.2) is 48.5 Å². The Balaban J connectivity index is 1.55. The van der Waals surface area contributed by atoms with E-state index in [4.69, 9.17) is 16.3 Å². The highest BCUT2D eigenvalue weighted by atomic mass is 35.5. The molecule has 6 nitrogen and oxygen atoms in total. The molecule has 0 radical (unpaired) electrons. The molecule has 1 N–H and O–H groups in total. The maximum Gasteiger partial charge on any atom is 0.264 e. The van der Waals surface area contributed by atoms with Gasteiger partial charge >= 0.3 is 0 Å². The summed E-state index contributed by atoms with van der Waals surface area (Å²) in [5.74, 6) is 0.00306. The zero-order valence-electron chi connectivity index (χ0n) is 16.8. The third-order valence-electron chi connectivity index (χ3n) is 5.84. The van der Waals surface area contributed by atoms with Gasteiger partial charge in [-0.3, -0.25) is 14.5 Å². The van der Waals surface area contributed by atoms with Gasteiger partial charge in [-0.15, -0.1) is 0 Å². The fraction of sp³-hybridized carbons (Fsp3) is 0.391. The Morgan fingerprint density at radius 3 is 2.77 bits per heavy atom. The van der Waals surface area contributed by atoms with Crippen LogP contribution in [0.3, 0.4) is 0 Å². The van der Waals surface area contributed by atoms with Crippen molar-refractivity contribution in [3.63, 3.8) is 0 Å². The number of β-amino-alcohol motifs (C(OH)–C–C–N with tert-alkyl or cyclic N) is 1. The first-order valence-electron chi connectivity index (χ1n) is 10.1. The molecule has 0 bridgehead atoms. The minimum atomic E-state index is -0.869. The lowest BCUT2D eigenvalue weighted by Gasteiger charge is -2.35. The number of hydrogen-bond donors (Lipinski definition) is 1. The molecule has 1 amide bonds. The van der Waals surface area contributed by atoms with Crippen LogP contribution in [0.4, 0.5) is 0 Å². The van der Waals surface area contributed by atoms with E-state index in [1.807, 2.05) is 30.3 Å². The number of rotatable bonds is 5. The molecule has 0 aliphatic carbocycles. The first kappa shape index (κ1) is 20.8. The average Bonchev–Trinajstić information content (AvgIpc) is 3.16. The molecule has 0 spiro atoms. The molecule has 2 aromatic carbocycles. The van der Waals surface area contributed by atoms with Gasteiger partial charge in [-0.05, 0) is 30.2 Å². The lowest BCUT2D eigenvalue weighted by Crippen LogP contribution is -2.46. The number of halogens is 1. The lowest BCUT2D eigenvalue weighted by molar-refractivity contribution is -0.140. The minimum Gasteiger partial charge on any atom is -0.479 e. The van der Waals surface area contributed by atoms with Gasteiger partial charge in [-0.2, -0.15) is 0 Å². The van der Waals surface area contributed by atoms with Gasteiger partial charge in [0, 0.05) is 31.7 Å². The number of carbonyl (C=O) groups excluding carboxylic acids is 2. The monoisotopic (exact) mass is 428 g/mol. The Hall–Kier alpha value is -2.41. The van der Waals surface area contributed by atoms with Gasteiger partial charge in [-0.25, -0.2) is 0 Å². The number of carbonyl (C=O) groups is 2. The second kappa shape index (κ2) is 8.76. The summed E-state index contributed by atoms with van der Waals surface area (Å²) in [5.41, 5.74) is 1.42. The van der Waals surface area contributed by atoms with Gasteiger partial charge in [0.05, 0.1) is 24.1 Å². The Kier molecular flexibility index (Phi) is 6.09. The predicted molar refractivity (Wildman–Crippen MR) is 114 cm³/mol. The molecule has 0 aromatic heterocycles. The molecule has 158 valence electrons. The van der Waals surface area contributed by atoms with Crippen molar-refractivity contribution in [3.8, 4) is 5.75 Å². The largest absolute Gasteiger partial charge is 0.479 e. The molecule has 2 aliphatic heterocycles. The van der Waals surface area contributed by atoms with Crippen molar-refractivity contribution in [1.29, 1.82) is 0 Å². The second-order valence-electron chi connectivity index (χ2n) is 7.95. The van der Waals surface area contributed by atoms with Gasteiger partial charge in [0.1, 0.15) is 5.75 Å². The number of fused-ring (bicyclic) bond motifs is 1. The molecule has 3 atom stereocenters. The van der Waals surface area contributed by atoms with Gasteiger partial charge in [0.15, 0.2) is 11.9 Å². The number of Topliss-reactive ketones (excluding diaryl/α,β-unsaturated/α-hetero) is 1. The summed E-state index contributed by atoms with van der Waals surface area (Å²) in [6.45, 7) is 1.99. The predicted octanol–water partition coefficient (Wildman–Crippen LogP) is 2.94. The summed E-state index contributed by atoms with van der Waals surface area (Å²) in [5, 5.41) is 10.3. The molecule has 1 unspecified atom stereocenters. The molecule has 2 aromatic rings. The molecule has 0 saturated carbocycles. The number of hydrogen-bond acceptors (Lipinski definition) is 5. The highest BCUT2D eigenvalue weighted by Crippen LogP contribution is 2.32. The Bertz CT molecular complexity index is 936. The number of aliphatic hydroxyl groups is 1. The maximum absolute atomic E-state index is 13.3. The number of likely N-dealkylation sites (N-methyl/N-ethyl adjacent to an activating group) is 1. The zero-order chi connectivity index (χ0) is 21.3. The van der Waals surface area contributed by atoms with Crippen LogP contribution in [0.1, 0.15) is 34.8 Å². The minimum absolute atomic E-state index is 0.0134. The van der Waals surface area contributed by atoms with Gasteiger partial charge in [0.2, 0.25) is 0 Å². The molecular formula is C23H25ClN2O4.